The van der Waals surface area contributed by atoms with Crippen molar-refractivity contribution in [2.45, 2.75) is 264 Å². The van der Waals surface area contributed by atoms with E-state index >= 15 is 0 Å². The Morgan fingerprint density at radius 1 is 0.368 bits per heavy atom. The smallest absolute Gasteiger partial charge is 0.331 e. The molecule has 4 aliphatic carbocycles. The van der Waals surface area contributed by atoms with E-state index in [0.717, 1.165) is 32.1 Å². The summed E-state index contributed by atoms with van der Waals surface area (Å²) in [6.45, 7) is 1.52. The van der Waals surface area contributed by atoms with Gasteiger partial charge in [0.2, 0.25) is 0 Å². The molecule has 0 radical (unpaired) electrons. The Labute approximate surface area is 353 Å². The van der Waals surface area contributed by atoms with Gasteiger partial charge in [0.05, 0.1) is 0 Å². The first-order chi connectivity index (χ1) is 28.0. The van der Waals surface area contributed by atoms with Gasteiger partial charge in [-0.2, -0.15) is 0 Å². The molecule has 0 aromatic carbocycles. The lowest BCUT2D eigenvalue weighted by Gasteiger charge is -2.12. The number of aliphatic carboxylic acids is 2. The third-order valence-electron chi connectivity index (χ3n) is 12.0. The third-order valence-corrected chi connectivity index (χ3v) is 12.0. The lowest BCUT2D eigenvalue weighted by molar-refractivity contribution is -0.133. The normalized spacial score (nSPS) is 22.8. The lowest BCUT2D eigenvalue weighted by atomic mass is 9.93. The van der Waals surface area contributed by atoms with Crippen LogP contribution in [0.25, 0.3) is 0 Å². The van der Waals surface area contributed by atoms with Crippen molar-refractivity contribution in [3.05, 3.63) is 59.3 Å². The lowest BCUT2D eigenvalue weighted by Crippen LogP contribution is -2.06. The van der Waals surface area contributed by atoms with Gasteiger partial charge in [-0.05, 0) is 121 Å². The van der Waals surface area contributed by atoms with Crippen LogP contribution in [0.15, 0.2) is 59.3 Å². The highest BCUT2D eigenvalue weighted by Gasteiger charge is 2.15. The fourth-order valence-corrected chi connectivity index (χ4v) is 8.18. The molecule has 0 aromatic heterocycles. The van der Waals surface area contributed by atoms with Crippen LogP contribution in [0.3, 0.4) is 0 Å². The van der Waals surface area contributed by atoms with Gasteiger partial charge in [0.25, 0.3) is 0 Å². The summed E-state index contributed by atoms with van der Waals surface area (Å²) in [4.78, 5) is 22.5. The molecule has 0 spiro atoms. The molecule has 0 fully saturated rings. The molecular weight excluding hydrogens is 701 g/mol. The first kappa shape index (κ1) is 52.7. The van der Waals surface area contributed by atoms with Crippen LogP contribution in [0, 0.1) is 0 Å². The molecule has 0 unspecified atom stereocenters. The van der Waals surface area contributed by atoms with E-state index in [-0.39, 0.29) is 5.57 Å². The van der Waals surface area contributed by atoms with E-state index in [0.29, 0.717) is 24.0 Å². The molecular formula is C53H92O4. The Bertz CT molecular complexity index is 979. The summed E-state index contributed by atoms with van der Waals surface area (Å²) < 4.78 is 0. The molecule has 57 heavy (non-hydrogen) atoms. The van der Waals surface area contributed by atoms with Crippen LogP contribution >= 0.6 is 0 Å². The van der Waals surface area contributed by atoms with Crippen molar-refractivity contribution in [2.24, 2.45) is 0 Å². The highest BCUT2D eigenvalue weighted by atomic mass is 16.4. The second-order valence-electron chi connectivity index (χ2n) is 17.4. The maximum Gasteiger partial charge on any atom is 0.331 e. The van der Waals surface area contributed by atoms with Gasteiger partial charge in [-0.1, -0.05) is 191 Å². The van der Waals surface area contributed by atoms with Crippen LogP contribution in [-0.2, 0) is 9.59 Å². The predicted octanol–water partition coefficient (Wildman–Crippen LogP) is 17.7. The van der Waals surface area contributed by atoms with Crippen molar-refractivity contribution in [3.8, 4) is 0 Å². The van der Waals surface area contributed by atoms with Crippen LogP contribution in [0.5, 0.6) is 0 Å². The molecule has 4 nitrogen and oxygen atoms in total. The van der Waals surface area contributed by atoms with Gasteiger partial charge in [-0.15, -0.1) is 0 Å². The molecule has 0 bridgehead atoms. The molecule has 0 aliphatic heterocycles. The molecule has 0 amide bonds. The maximum absolute atomic E-state index is 11.5. The SMILES string of the molecule is C1=CCCCCCCCCCC1.C1=CCCCCCCCCCC1.C1=CCCCCCCCCCC1.CC(=C/C1=C(\C(=O)O)CCCCCCCCCC1)C(=O)O. The van der Waals surface area contributed by atoms with E-state index in [1.54, 1.807) is 6.08 Å². The third kappa shape index (κ3) is 36.5. The number of allylic oxidation sites excluding steroid dienone is 8. The molecule has 0 aromatic rings. The largest absolute Gasteiger partial charge is 0.478 e. The summed E-state index contributed by atoms with van der Waals surface area (Å²) >= 11 is 0. The van der Waals surface area contributed by atoms with E-state index in [4.69, 9.17) is 5.11 Å². The van der Waals surface area contributed by atoms with E-state index in [1.165, 1.54) is 219 Å². The summed E-state index contributed by atoms with van der Waals surface area (Å²) in [6, 6.07) is 0. The number of carboxylic acids is 2. The van der Waals surface area contributed by atoms with Crippen LogP contribution in [0.1, 0.15) is 264 Å². The summed E-state index contributed by atoms with van der Waals surface area (Å²) in [5.74, 6) is -1.89. The van der Waals surface area contributed by atoms with Crippen LogP contribution in [0.4, 0.5) is 0 Å². The van der Waals surface area contributed by atoms with Crippen LogP contribution in [0.2, 0.25) is 0 Å². The first-order valence-electron chi connectivity index (χ1n) is 24.8. The molecule has 2 N–H and O–H groups in total. The standard InChI is InChI=1S/C17H26O4.3C12H22/c1-13(16(18)19)12-14-10-8-6-4-2-3-5-7-9-11-15(14)17(20)21;3*1-2-4-6-8-10-12-11-9-7-5-3-1/h12H,2-11H2,1H3,(H,18,19)(H,20,21);3*1-2H,3-12H2/b13-12?,15-14-;;;. The fraction of sp³-hybridized carbons (Fsp3) is 0.774. The summed E-state index contributed by atoms with van der Waals surface area (Å²) in [5.41, 5.74) is 1.30. The zero-order chi connectivity index (χ0) is 41.1. The fourth-order valence-electron chi connectivity index (χ4n) is 8.18. The molecule has 4 rings (SSSR count). The van der Waals surface area contributed by atoms with Gasteiger partial charge in [0.15, 0.2) is 0 Å². The molecule has 0 atom stereocenters. The molecule has 4 aliphatic rings. The van der Waals surface area contributed by atoms with Crippen LogP contribution < -0.4 is 0 Å². The quantitative estimate of drug-likeness (QED) is 0.220. The van der Waals surface area contributed by atoms with E-state index in [9.17, 15) is 14.7 Å². The first-order valence-corrected chi connectivity index (χ1v) is 24.8. The molecule has 0 heterocycles. The Balaban J connectivity index is 0.000000394. The number of hydrogen-bond donors (Lipinski definition) is 2. The van der Waals surface area contributed by atoms with Gasteiger partial charge >= 0.3 is 11.9 Å². The minimum Gasteiger partial charge on any atom is -0.478 e. The van der Waals surface area contributed by atoms with Crippen molar-refractivity contribution in [1.82, 2.24) is 0 Å². The van der Waals surface area contributed by atoms with Crippen molar-refractivity contribution in [2.75, 3.05) is 0 Å². The van der Waals surface area contributed by atoms with Gasteiger partial charge in [0.1, 0.15) is 0 Å². The number of hydrogen-bond acceptors (Lipinski definition) is 2. The van der Waals surface area contributed by atoms with Crippen molar-refractivity contribution < 1.29 is 19.8 Å². The van der Waals surface area contributed by atoms with Crippen molar-refractivity contribution in [1.29, 1.82) is 0 Å². The number of carboxylic acid groups (broad SMARTS) is 2. The van der Waals surface area contributed by atoms with Crippen LogP contribution in [-0.4, -0.2) is 22.2 Å². The average molecular weight is 793 g/mol. The molecule has 0 saturated carbocycles. The van der Waals surface area contributed by atoms with E-state index in [1.807, 2.05) is 0 Å². The minimum absolute atomic E-state index is 0.204. The molecule has 4 heteroatoms. The number of rotatable bonds is 3. The Morgan fingerprint density at radius 2 is 0.596 bits per heavy atom. The van der Waals surface area contributed by atoms with Gasteiger partial charge in [-0.25, -0.2) is 9.59 Å². The Hall–Kier alpha value is -2.36. The summed E-state index contributed by atoms with van der Waals surface area (Å²) in [7, 11) is 0. The van der Waals surface area contributed by atoms with Crippen molar-refractivity contribution in [3.63, 3.8) is 0 Å². The highest BCUT2D eigenvalue weighted by Crippen LogP contribution is 2.24. The van der Waals surface area contributed by atoms with E-state index in [2.05, 4.69) is 36.5 Å². The minimum atomic E-state index is -0.988. The Morgan fingerprint density at radius 3 is 0.842 bits per heavy atom. The summed E-state index contributed by atoms with van der Waals surface area (Å²) in [5, 5.41) is 18.4. The second kappa shape index (κ2) is 41.8. The van der Waals surface area contributed by atoms with Crippen molar-refractivity contribution >= 4 is 11.9 Å². The zero-order valence-corrected chi connectivity index (χ0v) is 37.5. The monoisotopic (exact) mass is 793 g/mol. The van der Waals surface area contributed by atoms with E-state index < -0.39 is 11.9 Å². The number of carbonyl (C=O) groups is 2. The predicted molar refractivity (Wildman–Crippen MR) is 248 cm³/mol. The highest BCUT2D eigenvalue weighted by molar-refractivity contribution is 5.90. The molecule has 0 saturated heterocycles. The summed E-state index contributed by atoms with van der Waals surface area (Å²) in [6.07, 6.45) is 68.5. The second-order valence-corrected chi connectivity index (χ2v) is 17.4. The topological polar surface area (TPSA) is 74.6 Å². The van der Waals surface area contributed by atoms with Gasteiger partial charge in [0, 0.05) is 11.1 Å². The maximum atomic E-state index is 11.5. The van der Waals surface area contributed by atoms with Gasteiger partial charge in [-0.3, -0.25) is 0 Å². The molecule has 328 valence electrons. The zero-order valence-electron chi connectivity index (χ0n) is 37.5. The Kier molecular flexibility index (Phi) is 38.6. The average Bonchev–Trinajstić information content (AvgIpc) is 3.17. The van der Waals surface area contributed by atoms with Gasteiger partial charge < -0.3 is 10.2 Å².